The minimum Gasteiger partial charge on any atom is -0.483 e. The van der Waals surface area contributed by atoms with Gasteiger partial charge in [-0.05, 0) is 37.9 Å². The van der Waals surface area contributed by atoms with Gasteiger partial charge in [0.15, 0.2) is 6.61 Å². The predicted octanol–water partition coefficient (Wildman–Crippen LogP) is 1.50. The summed E-state index contributed by atoms with van der Waals surface area (Å²) < 4.78 is 5.70. The lowest BCUT2D eigenvalue weighted by Gasteiger charge is -2.24. The van der Waals surface area contributed by atoms with Crippen LogP contribution < -0.4 is 10.1 Å². The summed E-state index contributed by atoms with van der Waals surface area (Å²) in [7, 11) is 1.86. The Labute approximate surface area is 114 Å². The van der Waals surface area contributed by atoms with E-state index in [1.54, 1.807) is 4.90 Å². The molecule has 1 aromatic carbocycles. The Morgan fingerprint density at radius 2 is 2.11 bits per heavy atom. The van der Waals surface area contributed by atoms with Crippen molar-refractivity contribution in [2.45, 2.75) is 26.3 Å². The lowest BCUT2D eigenvalue weighted by atomic mass is 10.1. The summed E-state index contributed by atoms with van der Waals surface area (Å²) in [5.74, 6) is 0.866. The Morgan fingerprint density at radius 1 is 1.42 bits per heavy atom. The van der Waals surface area contributed by atoms with Crippen LogP contribution in [-0.2, 0) is 4.79 Å². The molecule has 1 atom stereocenters. The average molecular weight is 262 g/mol. The van der Waals surface area contributed by atoms with Crippen molar-refractivity contribution in [2.24, 2.45) is 0 Å². The molecular weight excluding hydrogens is 240 g/mol. The number of nitrogens with zero attached hydrogens (tertiary/aromatic N) is 1. The van der Waals surface area contributed by atoms with E-state index in [0.29, 0.717) is 6.04 Å². The molecule has 0 radical (unpaired) electrons. The second-order valence-electron chi connectivity index (χ2n) is 5.16. The molecule has 1 aliphatic heterocycles. The van der Waals surface area contributed by atoms with Gasteiger partial charge in [-0.15, -0.1) is 0 Å². The van der Waals surface area contributed by atoms with Crippen LogP contribution in [0.4, 0.5) is 0 Å². The highest BCUT2D eigenvalue weighted by Crippen LogP contribution is 2.22. The van der Waals surface area contributed by atoms with Gasteiger partial charge < -0.3 is 15.0 Å². The van der Waals surface area contributed by atoms with Crippen molar-refractivity contribution in [3.8, 4) is 5.75 Å². The zero-order valence-corrected chi connectivity index (χ0v) is 11.9. The van der Waals surface area contributed by atoms with Crippen LogP contribution in [-0.4, -0.2) is 43.6 Å². The van der Waals surface area contributed by atoms with E-state index < -0.39 is 0 Å². The Hall–Kier alpha value is -1.55. The van der Waals surface area contributed by atoms with Crippen LogP contribution in [0.15, 0.2) is 18.2 Å². The van der Waals surface area contributed by atoms with E-state index in [0.717, 1.165) is 36.4 Å². The van der Waals surface area contributed by atoms with Crippen LogP contribution in [0.25, 0.3) is 0 Å². The molecule has 1 N–H and O–H groups in total. The molecule has 4 nitrogen and oxygen atoms in total. The average Bonchev–Trinajstić information content (AvgIpc) is 2.90. The van der Waals surface area contributed by atoms with Gasteiger partial charge in [-0.25, -0.2) is 0 Å². The molecule has 1 aliphatic rings. The van der Waals surface area contributed by atoms with Gasteiger partial charge in [0.2, 0.25) is 0 Å². The molecule has 1 saturated heterocycles. The fourth-order valence-corrected chi connectivity index (χ4v) is 2.44. The van der Waals surface area contributed by atoms with Crippen molar-refractivity contribution in [1.82, 2.24) is 10.2 Å². The van der Waals surface area contributed by atoms with Gasteiger partial charge in [0.25, 0.3) is 5.91 Å². The van der Waals surface area contributed by atoms with Crippen LogP contribution in [0.2, 0.25) is 0 Å². The summed E-state index contributed by atoms with van der Waals surface area (Å²) in [5.41, 5.74) is 2.14. The summed E-state index contributed by atoms with van der Waals surface area (Å²) in [6, 6.07) is 6.29. The number of nitrogens with one attached hydrogen (secondary N) is 1. The Balaban J connectivity index is 1.92. The third-order valence-electron chi connectivity index (χ3n) is 3.72. The molecule has 1 amide bonds. The summed E-state index contributed by atoms with van der Waals surface area (Å²) in [5, 5.41) is 3.27. The van der Waals surface area contributed by atoms with Gasteiger partial charge in [0.05, 0.1) is 0 Å². The molecule has 1 aromatic rings. The van der Waals surface area contributed by atoms with E-state index in [9.17, 15) is 4.79 Å². The number of hydrogen-bond acceptors (Lipinski definition) is 3. The second kappa shape index (κ2) is 6.06. The summed E-state index contributed by atoms with van der Waals surface area (Å²) >= 11 is 0. The van der Waals surface area contributed by atoms with Crippen LogP contribution in [0.1, 0.15) is 17.5 Å². The maximum Gasteiger partial charge on any atom is 0.260 e. The number of para-hydroxylation sites is 1. The quantitative estimate of drug-likeness (QED) is 0.894. The topological polar surface area (TPSA) is 41.6 Å². The maximum atomic E-state index is 12.1. The van der Waals surface area contributed by atoms with Gasteiger partial charge in [0, 0.05) is 19.6 Å². The number of ether oxygens (including phenoxy) is 1. The zero-order valence-electron chi connectivity index (χ0n) is 11.9. The lowest BCUT2D eigenvalue weighted by Crippen LogP contribution is -2.41. The molecule has 104 valence electrons. The molecule has 4 heteroatoms. The largest absolute Gasteiger partial charge is 0.483 e. The first-order chi connectivity index (χ1) is 9.09. The number of rotatable bonds is 4. The van der Waals surface area contributed by atoms with E-state index in [-0.39, 0.29) is 12.5 Å². The van der Waals surface area contributed by atoms with E-state index in [1.165, 1.54) is 0 Å². The third-order valence-corrected chi connectivity index (χ3v) is 3.72. The number of carbonyl (C=O) groups excluding carboxylic acids is 1. The van der Waals surface area contributed by atoms with Gasteiger partial charge in [-0.1, -0.05) is 18.2 Å². The SMILES string of the molecule is Cc1cccc(C)c1OCC(=O)N(C)[C@@H]1CCNC1. The maximum absolute atomic E-state index is 12.1. The van der Waals surface area contributed by atoms with Gasteiger partial charge in [0.1, 0.15) is 5.75 Å². The second-order valence-corrected chi connectivity index (χ2v) is 5.16. The summed E-state index contributed by atoms with van der Waals surface area (Å²) in [6.45, 7) is 5.97. The molecular formula is C15H22N2O2. The Bertz CT molecular complexity index is 433. The number of carbonyl (C=O) groups is 1. The van der Waals surface area contributed by atoms with Gasteiger partial charge in [-0.2, -0.15) is 0 Å². The number of amides is 1. The smallest absolute Gasteiger partial charge is 0.260 e. The molecule has 0 bridgehead atoms. The molecule has 2 rings (SSSR count). The first kappa shape index (κ1) is 13.9. The number of aryl methyl sites for hydroxylation is 2. The summed E-state index contributed by atoms with van der Waals surface area (Å²) in [6.07, 6.45) is 1.02. The van der Waals surface area contributed by atoms with Crippen LogP contribution >= 0.6 is 0 Å². The first-order valence-corrected chi connectivity index (χ1v) is 6.75. The fraction of sp³-hybridized carbons (Fsp3) is 0.533. The first-order valence-electron chi connectivity index (χ1n) is 6.75. The summed E-state index contributed by atoms with van der Waals surface area (Å²) in [4.78, 5) is 13.9. The third kappa shape index (κ3) is 3.26. The minimum absolute atomic E-state index is 0.0383. The molecule has 0 spiro atoms. The Morgan fingerprint density at radius 3 is 2.68 bits per heavy atom. The minimum atomic E-state index is 0.0383. The van der Waals surface area contributed by atoms with E-state index in [2.05, 4.69) is 5.32 Å². The molecule has 0 saturated carbocycles. The van der Waals surface area contributed by atoms with Crippen LogP contribution in [0, 0.1) is 13.8 Å². The highest BCUT2D eigenvalue weighted by molar-refractivity contribution is 5.78. The molecule has 19 heavy (non-hydrogen) atoms. The lowest BCUT2D eigenvalue weighted by molar-refractivity contribution is -0.133. The van der Waals surface area contributed by atoms with Crippen LogP contribution in [0.3, 0.4) is 0 Å². The van der Waals surface area contributed by atoms with Gasteiger partial charge >= 0.3 is 0 Å². The number of benzene rings is 1. The number of hydrogen-bond donors (Lipinski definition) is 1. The monoisotopic (exact) mass is 262 g/mol. The van der Waals surface area contributed by atoms with Crippen molar-refractivity contribution in [3.05, 3.63) is 29.3 Å². The Kier molecular flexibility index (Phi) is 4.43. The van der Waals surface area contributed by atoms with Crippen molar-refractivity contribution >= 4 is 5.91 Å². The number of likely N-dealkylation sites (N-methyl/N-ethyl adjacent to an activating group) is 1. The molecule has 1 fully saturated rings. The molecule has 0 unspecified atom stereocenters. The van der Waals surface area contributed by atoms with E-state index in [4.69, 9.17) is 4.74 Å². The molecule has 0 aromatic heterocycles. The van der Waals surface area contributed by atoms with Crippen LogP contribution in [0.5, 0.6) is 5.75 Å². The standard InChI is InChI=1S/C15H22N2O2/c1-11-5-4-6-12(2)15(11)19-10-14(18)17(3)13-7-8-16-9-13/h4-6,13,16H,7-10H2,1-3H3/t13-/m1/s1. The van der Waals surface area contributed by atoms with Crippen molar-refractivity contribution < 1.29 is 9.53 Å². The molecule has 1 heterocycles. The van der Waals surface area contributed by atoms with Crippen molar-refractivity contribution in [3.63, 3.8) is 0 Å². The highest BCUT2D eigenvalue weighted by atomic mass is 16.5. The van der Waals surface area contributed by atoms with E-state index >= 15 is 0 Å². The van der Waals surface area contributed by atoms with Crippen molar-refractivity contribution in [1.29, 1.82) is 0 Å². The normalized spacial score (nSPS) is 18.4. The van der Waals surface area contributed by atoms with Gasteiger partial charge in [-0.3, -0.25) is 4.79 Å². The molecule has 0 aliphatic carbocycles. The fourth-order valence-electron chi connectivity index (χ4n) is 2.44. The van der Waals surface area contributed by atoms with Crippen molar-refractivity contribution in [2.75, 3.05) is 26.7 Å². The van der Waals surface area contributed by atoms with E-state index in [1.807, 2.05) is 39.1 Å². The highest BCUT2D eigenvalue weighted by Gasteiger charge is 2.23. The zero-order chi connectivity index (χ0) is 13.8. The predicted molar refractivity (Wildman–Crippen MR) is 75.5 cm³/mol.